The highest BCUT2D eigenvalue weighted by Crippen LogP contribution is 2.36. The van der Waals surface area contributed by atoms with Gasteiger partial charge in [0.15, 0.2) is 0 Å². The molecule has 0 bridgehead atoms. The predicted octanol–water partition coefficient (Wildman–Crippen LogP) is 5.59. The number of anilines is 1. The van der Waals surface area contributed by atoms with E-state index in [0.717, 1.165) is 9.87 Å². The first kappa shape index (κ1) is 35.0. The molecule has 11 heteroatoms. The second kappa shape index (κ2) is 16.1. The van der Waals surface area contributed by atoms with E-state index in [2.05, 4.69) is 5.32 Å². The van der Waals surface area contributed by atoms with Crippen LogP contribution < -0.4 is 19.1 Å². The van der Waals surface area contributed by atoms with Gasteiger partial charge in [-0.3, -0.25) is 13.9 Å². The summed E-state index contributed by atoms with van der Waals surface area (Å²) in [5.74, 6) is -1.22. The SMILES string of the molecule is CC[C@H](C)NC(=O)[C@H](Cc1ccccc1)N(Cc1ccccc1F)C(=O)CN(c1cc(OC)ccc1OC)S(=O)(=O)c1ccccc1. The number of amides is 2. The molecule has 47 heavy (non-hydrogen) atoms. The number of carbonyl (C=O) groups excluding carboxylic acids is 2. The van der Waals surface area contributed by atoms with Gasteiger partial charge >= 0.3 is 0 Å². The van der Waals surface area contributed by atoms with Gasteiger partial charge in [0, 0.05) is 30.6 Å². The minimum absolute atomic E-state index is 0.0542. The van der Waals surface area contributed by atoms with E-state index < -0.39 is 40.2 Å². The Morgan fingerprint density at radius 2 is 1.51 bits per heavy atom. The van der Waals surface area contributed by atoms with Crippen molar-refractivity contribution in [2.24, 2.45) is 0 Å². The Morgan fingerprint density at radius 3 is 2.13 bits per heavy atom. The number of sulfonamides is 1. The van der Waals surface area contributed by atoms with Gasteiger partial charge in [0.1, 0.15) is 29.9 Å². The number of benzene rings is 4. The van der Waals surface area contributed by atoms with Crippen LogP contribution in [0.5, 0.6) is 11.5 Å². The zero-order chi connectivity index (χ0) is 34.0. The summed E-state index contributed by atoms with van der Waals surface area (Å²) >= 11 is 0. The first-order chi connectivity index (χ1) is 22.6. The quantitative estimate of drug-likeness (QED) is 0.178. The minimum atomic E-state index is -4.37. The summed E-state index contributed by atoms with van der Waals surface area (Å²) < 4.78 is 55.5. The third-order valence-corrected chi connectivity index (χ3v) is 9.61. The third kappa shape index (κ3) is 8.68. The van der Waals surface area contributed by atoms with Crippen molar-refractivity contribution in [1.82, 2.24) is 10.2 Å². The summed E-state index contributed by atoms with van der Waals surface area (Å²) in [6.07, 6.45) is 0.751. The van der Waals surface area contributed by atoms with Crippen LogP contribution in [0.15, 0.2) is 108 Å². The predicted molar refractivity (Wildman–Crippen MR) is 179 cm³/mol. The Hall–Kier alpha value is -4.90. The number of rotatable bonds is 15. The summed E-state index contributed by atoms with van der Waals surface area (Å²) in [6, 6.07) is 26.1. The van der Waals surface area contributed by atoms with Gasteiger partial charge in [-0.05, 0) is 49.2 Å². The standard InChI is InChI=1S/C36H40FN3O6S/c1-5-26(2)38-36(42)33(22-27-14-8-6-9-15-27)39(24-28-16-12-13-19-31(28)37)35(41)25-40(47(43,44)30-17-10-7-11-18-30)32-23-29(45-3)20-21-34(32)46-4/h6-21,23,26,33H,5,22,24-25H2,1-4H3,(H,38,42)/t26-,33-/m0/s1. The highest BCUT2D eigenvalue weighted by atomic mass is 32.2. The van der Waals surface area contributed by atoms with E-state index in [9.17, 15) is 18.0 Å². The van der Waals surface area contributed by atoms with Gasteiger partial charge in [-0.25, -0.2) is 12.8 Å². The lowest BCUT2D eigenvalue weighted by Gasteiger charge is -2.34. The van der Waals surface area contributed by atoms with Crippen molar-refractivity contribution >= 4 is 27.5 Å². The van der Waals surface area contributed by atoms with Crippen molar-refractivity contribution in [3.63, 3.8) is 0 Å². The number of hydrogen-bond donors (Lipinski definition) is 1. The molecule has 2 amide bonds. The number of carbonyl (C=O) groups is 2. The average molecular weight is 662 g/mol. The molecule has 0 aliphatic carbocycles. The van der Waals surface area contributed by atoms with E-state index in [0.29, 0.717) is 12.2 Å². The Morgan fingerprint density at radius 1 is 0.872 bits per heavy atom. The van der Waals surface area contributed by atoms with E-state index in [1.807, 2.05) is 44.2 Å². The second-order valence-electron chi connectivity index (χ2n) is 11.0. The highest BCUT2D eigenvalue weighted by molar-refractivity contribution is 7.92. The molecule has 0 unspecified atom stereocenters. The second-order valence-corrected chi connectivity index (χ2v) is 12.9. The molecular weight excluding hydrogens is 621 g/mol. The lowest BCUT2D eigenvalue weighted by Crippen LogP contribution is -2.54. The smallest absolute Gasteiger partial charge is 0.264 e. The van der Waals surface area contributed by atoms with Crippen molar-refractivity contribution < 1.29 is 31.9 Å². The lowest BCUT2D eigenvalue weighted by molar-refractivity contribution is -0.140. The van der Waals surface area contributed by atoms with Gasteiger partial charge in [0.05, 0.1) is 24.8 Å². The molecule has 0 aromatic heterocycles. The molecule has 0 radical (unpaired) electrons. The maximum absolute atomic E-state index is 15.1. The fraction of sp³-hybridized carbons (Fsp3) is 0.278. The van der Waals surface area contributed by atoms with Gasteiger partial charge < -0.3 is 19.7 Å². The maximum atomic E-state index is 15.1. The maximum Gasteiger partial charge on any atom is 0.264 e. The monoisotopic (exact) mass is 661 g/mol. The van der Waals surface area contributed by atoms with Crippen LogP contribution in [0.1, 0.15) is 31.4 Å². The Bertz CT molecular complexity index is 1760. The molecule has 0 saturated carbocycles. The van der Waals surface area contributed by atoms with Gasteiger partial charge in [0.25, 0.3) is 10.0 Å². The molecule has 0 heterocycles. The Kier molecular flexibility index (Phi) is 12.0. The molecular formula is C36H40FN3O6S. The first-order valence-corrected chi connectivity index (χ1v) is 16.7. The molecule has 248 valence electrons. The van der Waals surface area contributed by atoms with Crippen molar-refractivity contribution in [3.8, 4) is 11.5 Å². The van der Waals surface area contributed by atoms with E-state index in [-0.39, 0.29) is 40.9 Å². The Balaban J connectivity index is 1.87. The van der Waals surface area contributed by atoms with E-state index in [4.69, 9.17) is 9.47 Å². The minimum Gasteiger partial charge on any atom is -0.497 e. The fourth-order valence-electron chi connectivity index (χ4n) is 5.03. The summed E-state index contributed by atoms with van der Waals surface area (Å²) in [4.78, 5) is 29.7. The third-order valence-electron chi connectivity index (χ3n) is 7.84. The van der Waals surface area contributed by atoms with Crippen molar-refractivity contribution in [2.45, 2.75) is 50.2 Å². The van der Waals surface area contributed by atoms with Gasteiger partial charge in [-0.2, -0.15) is 0 Å². The highest BCUT2D eigenvalue weighted by Gasteiger charge is 2.36. The topological polar surface area (TPSA) is 105 Å². The summed E-state index contributed by atoms with van der Waals surface area (Å²) in [7, 11) is -1.55. The summed E-state index contributed by atoms with van der Waals surface area (Å²) in [5.41, 5.74) is 0.997. The number of methoxy groups -OCH3 is 2. The normalized spacial score (nSPS) is 12.4. The van der Waals surface area contributed by atoms with Crippen LogP contribution in [0.2, 0.25) is 0 Å². The summed E-state index contributed by atoms with van der Waals surface area (Å²) in [6.45, 7) is 2.76. The molecule has 1 N–H and O–H groups in total. The zero-order valence-corrected chi connectivity index (χ0v) is 27.7. The first-order valence-electron chi connectivity index (χ1n) is 15.3. The average Bonchev–Trinajstić information content (AvgIpc) is 3.09. The van der Waals surface area contributed by atoms with E-state index >= 15 is 4.39 Å². The molecule has 9 nitrogen and oxygen atoms in total. The van der Waals surface area contributed by atoms with Crippen molar-refractivity contribution in [2.75, 3.05) is 25.1 Å². The van der Waals surface area contributed by atoms with Crippen LogP contribution in [0.25, 0.3) is 0 Å². The van der Waals surface area contributed by atoms with Crippen molar-refractivity contribution in [1.29, 1.82) is 0 Å². The fourth-order valence-corrected chi connectivity index (χ4v) is 6.47. The van der Waals surface area contributed by atoms with Crippen LogP contribution in [0.4, 0.5) is 10.1 Å². The van der Waals surface area contributed by atoms with Crippen LogP contribution >= 0.6 is 0 Å². The number of nitrogens with zero attached hydrogens (tertiary/aromatic N) is 2. The molecule has 0 aliphatic rings. The molecule has 2 atom stereocenters. The van der Waals surface area contributed by atoms with Crippen molar-refractivity contribution in [3.05, 3.63) is 120 Å². The van der Waals surface area contributed by atoms with Crippen LogP contribution in [0, 0.1) is 5.82 Å². The molecule has 4 rings (SSSR count). The molecule has 4 aromatic carbocycles. The lowest BCUT2D eigenvalue weighted by atomic mass is 10.0. The van der Waals surface area contributed by atoms with Gasteiger partial charge in [-0.1, -0.05) is 73.7 Å². The molecule has 0 spiro atoms. The number of nitrogens with one attached hydrogen (secondary N) is 1. The van der Waals surface area contributed by atoms with Gasteiger partial charge in [0.2, 0.25) is 11.8 Å². The Labute approximate surface area is 276 Å². The number of halogens is 1. The molecule has 0 fully saturated rings. The number of hydrogen-bond acceptors (Lipinski definition) is 6. The number of ether oxygens (including phenoxy) is 2. The van der Waals surface area contributed by atoms with Crippen LogP contribution in [-0.4, -0.2) is 58.0 Å². The van der Waals surface area contributed by atoms with E-state index in [1.165, 1.54) is 55.5 Å². The van der Waals surface area contributed by atoms with Crippen LogP contribution in [0.3, 0.4) is 0 Å². The largest absolute Gasteiger partial charge is 0.497 e. The van der Waals surface area contributed by atoms with Crippen LogP contribution in [-0.2, 0) is 32.6 Å². The van der Waals surface area contributed by atoms with Gasteiger partial charge in [-0.15, -0.1) is 0 Å². The summed E-state index contributed by atoms with van der Waals surface area (Å²) in [5, 5.41) is 2.97. The zero-order valence-electron chi connectivity index (χ0n) is 26.9. The molecule has 0 saturated heterocycles. The molecule has 0 aliphatic heterocycles. The molecule has 4 aromatic rings. The van der Waals surface area contributed by atoms with E-state index in [1.54, 1.807) is 36.4 Å².